The minimum absolute atomic E-state index is 0.756. The van der Waals surface area contributed by atoms with Crippen molar-refractivity contribution in [2.45, 2.75) is 58.4 Å². The van der Waals surface area contributed by atoms with Crippen molar-refractivity contribution < 1.29 is 0 Å². The molecule has 0 aromatic carbocycles. The Hall–Kier alpha value is -0.480. The molecule has 0 amide bonds. The topological polar surface area (TPSA) is 12.0 Å². The molecule has 0 aromatic rings. The highest BCUT2D eigenvalue weighted by Crippen LogP contribution is 2.25. The van der Waals surface area contributed by atoms with E-state index < -0.39 is 0 Å². The van der Waals surface area contributed by atoms with Crippen LogP contribution in [0.3, 0.4) is 0 Å². The van der Waals surface area contributed by atoms with Crippen LogP contribution in [0.2, 0.25) is 0 Å². The molecule has 0 radical (unpaired) electrons. The first kappa shape index (κ1) is 11.6. The van der Waals surface area contributed by atoms with Gasteiger partial charge in [-0.2, -0.15) is 0 Å². The van der Waals surface area contributed by atoms with Crippen LogP contribution in [0.5, 0.6) is 0 Å². The third kappa shape index (κ3) is 4.15. The maximum atomic E-state index is 3.58. The van der Waals surface area contributed by atoms with E-state index in [2.05, 4.69) is 24.1 Å². The van der Waals surface area contributed by atoms with E-state index in [-0.39, 0.29) is 0 Å². The second kappa shape index (κ2) is 6.90. The third-order valence-electron chi connectivity index (χ3n) is 3.09. The van der Waals surface area contributed by atoms with Crippen LogP contribution in [-0.2, 0) is 0 Å². The molecule has 0 aromatic heterocycles. The predicted molar refractivity (Wildman–Crippen MR) is 62.1 cm³/mol. The highest BCUT2D eigenvalue weighted by atomic mass is 14.9. The van der Waals surface area contributed by atoms with Gasteiger partial charge in [-0.05, 0) is 38.6 Å². The molecule has 0 bridgehead atoms. The van der Waals surface area contributed by atoms with E-state index in [4.69, 9.17) is 0 Å². The Bertz CT molecular complexity index is 199. The van der Waals surface area contributed by atoms with E-state index in [0.29, 0.717) is 0 Å². The Labute approximate surface area is 88.7 Å². The standard InChI is InChI=1S/C13H23N/c1-3-5-8-12-9-6-7-10-13(11-12)14-4-2/h12-14H,4,6-11H2,1-2H3. The lowest BCUT2D eigenvalue weighted by molar-refractivity contribution is 0.397. The van der Waals surface area contributed by atoms with E-state index in [1.165, 1.54) is 32.1 Å². The molecule has 1 rings (SSSR count). The van der Waals surface area contributed by atoms with Gasteiger partial charge in [-0.3, -0.25) is 0 Å². The van der Waals surface area contributed by atoms with E-state index in [9.17, 15) is 0 Å². The number of hydrogen-bond acceptors (Lipinski definition) is 1. The lowest BCUT2D eigenvalue weighted by Crippen LogP contribution is -2.29. The van der Waals surface area contributed by atoms with Crippen LogP contribution in [0.1, 0.15) is 52.4 Å². The predicted octanol–water partition coefficient (Wildman–Crippen LogP) is 2.96. The molecular formula is C13H23N. The highest BCUT2D eigenvalue weighted by molar-refractivity contribution is 4.97. The molecule has 0 aliphatic heterocycles. The van der Waals surface area contributed by atoms with Crippen molar-refractivity contribution in [3.8, 4) is 11.8 Å². The van der Waals surface area contributed by atoms with Crippen LogP contribution in [0.25, 0.3) is 0 Å². The van der Waals surface area contributed by atoms with Gasteiger partial charge < -0.3 is 5.32 Å². The molecule has 0 spiro atoms. The molecule has 1 aliphatic rings. The summed E-state index contributed by atoms with van der Waals surface area (Å²) >= 11 is 0. The lowest BCUT2D eigenvalue weighted by atomic mass is 9.95. The number of nitrogens with one attached hydrogen (secondary N) is 1. The summed E-state index contributed by atoms with van der Waals surface area (Å²) < 4.78 is 0. The van der Waals surface area contributed by atoms with Gasteiger partial charge in [0.15, 0.2) is 0 Å². The number of hydrogen-bond donors (Lipinski definition) is 1. The second-order valence-corrected chi connectivity index (χ2v) is 4.27. The van der Waals surface area contributed by atoms with Gasteiger partial charge in [-0.25, -0.2) is 0 Å². The van der Waals surface area contributed by atoms with Gasteiger partial charge in [0.1, 0.15) is 0 Å². The van der Waals surface area contributed by atoms with Crippen LogP contribution < -0.4 is 5.32 Å². The summed E-state index contributed by atoms with van der Waals surface area (Å²) in [5.74, 6) is 7.08. The molecular weight excluding hydrogens is 170 g/mol. The maximum Gasteiger partial charge on any atom is 0.0117 e. The fraction of sp³-hybridized carbons (Fsp3) is 0.846. The van der Waals surface area contributed by atoms with Crippen molar-refractivity contribution in [1.82, 2.24) is 5.32 Å². The summed E-state index contributed by atoms with van der Waals surface area (Å²) in [6.07, 6.45) is 7.99. The first-order valence-electron chi connectivity index (χ1n) is 5.99. The summed E-state index contributed by atoms with van der Waals surface area (Å²) in [5.41, 5.74) is 0. The Morgan fingerprint density at radius 3 is 2.79 bits per heavy atom. The van der Waals surface area contributed by atoms with Crippen LogP contribution in [0, 0.1) is 17.8 Å². The first-order valence-corrected chi connectivity index (χ1v) is 5.99. The van der Waals surface area contributed by atoms with Crippen molar-refractivity contribution in [3.63, 3.8) is 0 Å². The SMILES string of the molecule is CC#CCC1CCCCC(NCC)C1. The minimum atomic E-state index is 0.756. The first-order chi connectivity index (χ1) is 6.86. The average Bonchev–Trinajstić information content (AvgIpc) is 2.41. The molecule has 0 heterocycles. The number of rotatable bonds is 3. The summed E-state index contributed by atoms with van der Waals surface area (Å²) in [6, 6.07) is 0.756. The molecule has 0 saturated heterocycles. The van der Waals surface area contributed by atoms with Gasteiger partial charge >= 0.3 is 0 Å². The van der Waals surface area contributed by atoms with E-state index in [0.717, 1.165) is 24.9 Å². The summed E-state index contributed by atoms with van der Waals surface area (Å²) in [4.78, 5) is 0. The average molecular weight is 193 g/mol. The normalized spacial score (nSPS) is 27.6. The molecule has 1 N–H and O–H groups in total. The lowest BCUT2D eigenvalue weighted by Gasteiger charge is -2.18. The molecule has 80 valence electrons. The zero-order valence-corrected chi connectivity index (χ0v) is 9.60. The molecule has 2 atom stereocenters. The van der Waals surface area contributed by atoms with Crippen molar-refractivity contribution >= 4 is 0 Å². The molecule has 14 heavy (non-hydrogen) atoms. The second-order valence-electron chi connectivity index (χ2n) is 4.27. The largest absolute Gasteiger partial charge is 0.314 e. The molecule has 1 heteroatoms. The molecule has 1 fully saturated rings. The van der Waals surface area contributed by atoms with Crippen molar-refractivity contribution in [2.75, 3.05) is 6.54 Å². The Kier molecular flexibility index (Phi) is 5.71. The summed E-state index contributed by atoms with van der Waals surface area (Å²) in [5, 5.41) is 3.58. The van der Waals surface area contributed by atoms with Crippen molar-refractivity contribution in [3.05, 3.63) is 0 Å². The highest BCUT2D eigenvalue weighted by Gasteiger charge is 2.18. The van der Waals surface area contributed by atoms with E-state index in [1.807, 2.05) is 6.92 Å². The third-order valence-corrected chi connectivity index (χ3v) is 3.09. The minimum Gasteiger partial charge on any atom is -0.314 e. The summed E-state index contributed by atoms with van der Waals surface area (Å²) in [7, 11) is 0. The van der Waals surface area contributed by atoms with Crippen molar-refractivity contribution in [2.24, 2.45) is 5.92 Å². The quantitative estimate of drug-likeness (QED) is 0.537. The maximum absolute atomic E-state index is 3.58. The molecule has 1 nitrogen and oxygen atoms in total. The molecule has 2 unspecified atom stereocenters. The Balaban J connectivity index is 2.37. The van der Waals surface area contributed by atoms with Gasteiger partial charge in [0, 0.05) is 12.5 Å². The van der Waals surface area contributed by atoms with Gasteiger partial charge in [0.2, 0.25) is 0 Å². The zero-order chi connectivity index (χ0) is 10.2. The zero-order valence-electron chi connectivity index (χ0n) is 9.60. The fourth-order valence-corrected chi connectivity index (χ4v) is 2.37. The molecule has 1 aliphatic carbocycles. The van der Waals surface area contributed by atoms with E-state index >= 15 is 0 Å². The van der Waals surface area contributed by atoms with Crippen LogP contribution in [0.15, 0.2) is 0 Å². The Morgan fingerprint density at radius 2 is 2.07 bits per heavy atom. The fourth-order valence-electron chi connectivity index (χ4n) is 2.37. The van der Waals surface area contributed by atoms with Crippen LogP contribution >= 0.6 is 0 Å². The van der Waals surface area contributed by atoms with Gasteiger partial charge in [-0.1, -0.05) is 19.8 Å². The monoisotopic (exact) mass is 193 g/mol. The smallest absolute Gasteiger partial charge is 0.0117 e. The van der Waals surface area contributed by atoms with Gasteiger partial charge in [0.05, 0.1) is 0 Å². The van der Waals surface area contributed by atoms with Crippen LogP contribution in [0.4, 0.5) is 0 Å². The van der Waals surface area contributed by atoms with Gasteiger partial charge in [-0.15, -0.1) is 11.8 Å². The van der Waals surface area contributed by atoms with Crippen molar-refractivity contribution in [1.29, 1.82) is 0 Å². The van der Waals surface area contributed by atoms with E-state index in [1.54, 1.807) is 0 Å². The molecule has 1 saturated carbocycles. The Morgan fingerprint density at radius 1 is 1.29 bits per heavy atom. The van der Waals surface area contributed by atoms with Gasteiger partial charge in [0.25, 0.3) is 0 Å². The summed E-state index contributed by atoms with van der Waals surface area (Å²) in [6.45, 7) is 5.25. The van der Waals surface area contributed by atoms with Crippen LogP contribution in [-0.4, -0.2) is 12.6 Å².